The number of methoxy groups -OCH3 is 1. The first kappa shape index (κ1) is 9.09. The van der Waals surface area contributed by atoms with Gasteiger partial charge in [0.2, 0.25) is 0 Å². The molecule has 0 spiro atoms. The minimum atomic E-state index is 0.148. The van der Waals surface area contributed by atoms with Crippen LogP contribution in [0.3, 0.4) is 0 Å². The number of hydrogen-bond donors (Lipinski definition) is 0. The second-order valence-electron chi connectivity index (χ2n) is 2.76. The molecule has 2 aromatic rings. The first-order valence-electron chi connectivity index (χ1n) is 3.97. The fourth-order valence-electron chi connectivity index (χ4n) is 1.27. The molecule has 72 valence electrons. The van der Waals surface area contributed by atoms with Gasteiger partial charge in [-0.2, -0.15) is 0 Å². The molecule has 3 nitrogen and oxygen atoms in total. The smallest absolute Gasteiger partial charge is 0.186 e. The van der Waals surface area contributed by atoms with Crippen LogP contribution in [0.15, 0.2) is 22.6 Å². The van der Waals surface area contributed by atoms with Gasteiger partial charge >= 0.3 is 0 Å². The van der Waals surface area contributed by atoms with Crippen molar-refractivity contribution in [1.29, 1.82) is 0 Å². The quantitative estimate of drug-likeness (QED) is 0.716. The zero-order valence-corrected chi connectivity index (χ0v) is 8.17. The highest BCUT2D eigenvalue weighted by Gasteiger charge is 2.11. The second-order valence-corrected chi connectivity index (χ2v) is 3.14. The number of fused-ring (bicyclic) bond motifs is 1. The topological polar surface area (TPSA) is 39.4 Å². The molecule has 0 aliphatic carbocycles. The van der Waals surface area contributed by atoms with E-state index in [0.717, 1.165) is 5.39 Å². The number of rotatable bonds is 2. The van der Waals surface area contributed by atoms with E-state index in [1.807, 2.05) is 0 Å². The fraction of sp³-hybridized carbons (Fsp3) is 0.100. The molecule has 0 radical (unpaired) electrons. The van der Waals surface area contributed by atoms with E-state index in [4.69, 9.17) is 20.8 Å². The summed E-state index contributed by atoms with van der Waals surface area (Å²) in [4.78, 5) is 10.5. The van der Waals surface area contributed by atoms with Gasteiger partial charge in [0.1, 0.15) is 11.3 Å². The van der Waals surface area contributed by atoms with Crippen molar-refractivity contribution in [1.82, 2.24) is 0 Å². The third-order valence-electron chi connectivity index (χ3n) is 1.97. The van der Waals surface area contributed by atoms with Crippen LogP contribution in [0, 0.1) is 0 Å². The normalized spacial score (nSPS) is 10.4. The van der Waals surface area contributed by atoms with Gasteiger partial charge in [-0.05, 0) is 12.1 Å². The maximum atomic E-state index is 10.5. The van der Waals surface area contributed by atoms with Crippen molar-refractivity contribution in [2.45, 2.75) is 0 Å². The van der Waals surface area contributed by atoms with Gasteiger partial charge in [-0.3, -0.25) is 4.79 Å². The maximum Gasteiger partial charge on any atom is 0.186 e. The molecule has 2 rings (SSSR count). The van der Waals surface area contributed by atoms with Crippen molar-refractivity contribution in [3.8, 4) is 5.75 Å². The zero-order chi connectivity index (χ0) is 10.1. The lowest BCUT2D eigenvalue weighted by Gasteiger charge is -1.96. The van der Waals surface area contributed by atoms with Gasteiger partial charge < -0.3 is 9.15 Å². The number of carbonyl (C=O) groups excluding carboxylic acids is 1. The van der Waals surface area contributed by atoms with Crippen LogP contribution < -0.4 is 4.74 Å². The number of ether oxygens (including phenoxy) is 1. The summed E-state index contributed by atoms with van der Waals surface area (Å²) in [6, 6.07) is 5.21. The van der Waals surface area contributed by atoms with Crippen molar-refractivity contribution >= 4 is 28.9 Å². The van der Waals surface area contributed by atoms with Crippen LogP contribution >= 0.6 is 11.6 Å². The summed E-state index contributed by atoms with van der Waals surface area (Å²) in [5.41, 5.74) is 0.552. The van der Waals surface area contributed by atoms with Crippen molar-refractivity contribution < 1.29 is 13.9 Å². The highest BCUT2D eigenvalue weighted by molar-refractivity contribution is 6.37. The van der Waals surface area contributed by atoms with Gasteiger partial charge in [0, 0.05) is 11.5 Å². The summed E-state index contributed by atoms with van der Waals surface area (Å²) in [6.07, 6.45) is 0.592. The van der Waals surface area contributed by atoms with E-state index in [-0.39, 0.29) is 5.76 Å². The predicted molar refractivity (Wildman–Crippen MR) is 53.2 cm³/mol. The van der Waals surface area contributed by atoms with Gasteiger partial charge in [0.25, 0.3) is 0 Å². The molecular formula is C10H7ClO3. The summed E-state index contributed by atoms with van der Waals surface area (Å²) in [7, 11) is 1.56. The summed E-state index contributed by atoms with van der Waals surface area (Å²) >= 11 is 5.89. The number of aldehydes is 1. The van der Waals surface area contributed by atoms with E-state index < -0.39 is 0 Å². The highest BCUT2D eigenvalue weighted by Crippen LogP contribution is 2.31. The van der Waals surface area contributed by atoms with E-state index in [1.165, 1.54) is 0 Å². The molecule has 1 aromatic heterocycles. The zero-order valence-electron chi connectivity index (χ0n) is 7.41. The lowest BCUT2D eigenvalue weighted by atomic mass is 10.2. The van der Waals surface area contributed by atoms with Crippen molar-refractivity contribution in [2.75, 3.05) is 7.11 Å². The Hall–Kier alpha value is -1.48. The standard InChI is InChI=1S/C10H7ClO3/c1-13-6-2-3-7-8(4-6)14-9(5-12)10(7)11/h2-5H,1H3. The molecule has 0 N–H and O–H groups in total. The molecule has 0 saturated heterocycles. The SMILES string of the molecule is COc1ccc2c(Cl)c(C=O)oc2c1. The largest absolute Gasteiger partial charge is 0.497 e. The first-order valence-corrected chi connectivity index (χ1v) is 4.35. The molecular weight excluding hydrogens is 204 g/mol. The van der Waals surface area contributed by atoms with Crippen LogP contribution in [0.2, 0.25) is 5.02 Å². The second kappa shape index (κ2) is 3.35. The molecule has 0 aliphatic rings. The Kier molecular flexibility index (Phi) is 2.17. The molecule has 0 fully saturated rings. The average Bonchev–Trinajstić information content (AvgIpc) is 2.55. The van der Waals surface area contributed by atoms with Gasteiger partial charge in [0.15, 0.2) is 12.0 Å². The third-order valence-corrected chi connectivity index (χ3v) is 2.36. The van der Waals surface area contributed by atoms with Gasteiger partial charge in [-0.15, -0.1) is 0 Å². The molecule has 0 unspecified atom stereocenters. The molecule has 1 aromatic carbocycles. The van der Waals surface area contributed by atoms with Gasteiger partial charge in [0.05, 0.1) is 12.1 Å². The van der Waals surface area contributed by atoms with Crippen LogP contribution in [-0.2, 0) is 0 Å². The molecule has 0 aliphatic heterocycles. The Labute approximate surface area is 85.2 Å². The van der Waals surface area contributed by atoms with Crippen molar-refractivity contribution in [3.05, 3.63) is 29.0 Å². The van der Waals surface area contributed by atoms with Gasteiger partial charge in [-0.1, -0.05) is 11.6 Å². The number of furan rings is 1. The summed E-state index contributed by atoms with van der Waals surface area (Å²) in [5, 5.41) is 1.06. The molecule has 0 saturated carbocycles. The van der Waals surface area contributed by atoms with E-state index in [2.05, 4.69) is 0 Å². The average molecular weight is 211 g/mol. The molecule has 1 heterocycles. The van der Waals surface area contributed by atoms with E-state index in [0.29, 0.717) is 22.6 Å². The fourth-order valence-corrected chi connectivity index (χ4v) is 1.51. The van der Waals surface area contributed by atoms with Crippen molar-refractivity contribution in [2.24, 2.45) is 0 Å². The van der Waals surface area contributed by atoms with Crippen LogP contribution in [0.4, 0.5) is 0 Å². The van der Waals surface area contributed by atoms with Crippen molar-refractivity contribution in [3.63, 3.8) is 0 Å². The summed E-state index contributed by atoms with van der Waals surface area (Å²) in [5.74, 6) is 0.815. The van der Waals surface area contributed by atoms with Gasteiger partial charge in [-0.25, -0.2) is 0 Å². The van der Waals surface area contributed by atoms with E-state index in [9.17, 15) is 4.79 Å². The minimum Gasteiger partial charge on any atom is -0.497 e. The maximum absolute atomic E-state index is 10.5. The molecule has 14 heavy (non-hydrogen) atoms. The minimum absolute atomic E-state index is 0.148. The van der Waals surface area contributed by atoms with Crippen LogP contribution in [0.25, 0.3) is 11.0 Å². The molecule has 0 amide bonds. The monoisotopic (exact) mass is 210 g/mol. The lowest BCUT2D eigenvalue weighted by Crippen LogP contribution is -1.80. The Balaban J connectivity index is 2.72. The van der Waals surface area contributed by atoms with Crippen LogP contribution in [-0.4, -0.2) is 13.4 Å². The highest BCUT2D eigenvalue weighted by atomic mass is 35.5. The Morgan fingerprint density at radius 1 is 1.50 bits per heavy atom. The number of carbonyl (C=O) groups is 1. The summed E-state index contributed by atoms with van der Waals surface area (Å²) < 4.78 is 10.2. The van der Waals surface area contributed by atoms with Crippen LogP contribution in [0.5, 0.6) is 5.75 Å². The lowest BCUT2D eigenvalue weighted by molar-refractivity contribution is 0.110. The Morgan fingerprint density at radius 3 is 2.93 bits per heavy atom. The Bertz CT molecular complexity index is 487. The first-order chi connectivity index (χ1) is 6.76. The molecule has 0 bridgehead atoms. The van der Waals surface area contributed by atoms with Crippen LogP contribution in [0.1, 0.15) is 10.6 Å². The number of hydrogen-bond acceptors (Lipinski definition) is 3. The molecule has 4 heteroatoms. The molecule has 0 atom stereocenters. The number of halogens is 1. The summed E-state index contributed by atoms with van der Waals surface area (Å²) in [6.45, 7) is 0. The number of benzene rings is 1. The third kappa shape index (κ3) is 1.26. The van der Waals surface area contributed by atoms with E-state index >= 15 is 0 Å². The van der Waals surface area contributed by atoms with E-state index in [1.54, 1.807) is 25.3 Å². The Morgan fingerprint density at radius 2 is 2.29 bits per heavy atom. The predicted octanol–water partition coefficient (Wildman–Crippen LogP) is 2.91.